The zero-order valence-electron chi connectivity index (χ0n) is 19.8. The maximum absolute atomic E-state index is 13.5. The summed E-state index contributed by atoms with van der Waals surface area (Å²) in [6.45, 7) is 3.84. The Bertz CT molecular complexity index is 1100. The predicted molar refractivity (Wildman–Crippen MR) is 134 cm³/mol. The molecule has 0 radical (unpaired) electrons. The largest absolute Gasteiger partial charge is 0.480 e. The number of benzene rings is 2. The molecular weight excluding hydrogens is 464 g/mol. The van der Waals surface area contributed by atoms with Gasteiger partial charge in [0.15, 0.2) is 0 Å². The number of thioether (sulfide) groups is 1. The second-order valence-electron chi connectivity index (χ2n) is 9.85. The molecule has 1 saturated carbocycles. The maximum Gasteiger partial charge on any atom is 0.407 e. The van der Waals surface area contributed by atoms with Gasteiger partial charge in [0.05, 0.1) is 5.37 Å². The number of hydrogen-bond donors (Lipinski definition) is 2. The maximum atomic E-state index is 13.5. The Morgan fingerprint density at radius 3 is 2.20 bits per heavy atom. The van der Waals surface area contributed by atoms with Crippen molar-refractivity contribution < 1.29 is 24.2 Å². The Hall–Kier alpha value is -3.00. The lowest BCUT2D eigenvalue weighted by Crippen LogP contribution is -2.56. The lowest BCUT2D eigenvalue weighted by atomic mass is 9.98. The molecule has 184 valence electrons. The minimum atomic E-state index is -1.00. The van der Waals surface area contributed by atoms with Crippen LogP contribution in [0.4, 0.5) is 4.79 Å². The Kier molecular flexibility index (Phi) is 6.49. The molecule has 3 atom stereocenters. The predicted octanol–water partition coefficient (Wildman–Crippen LogP) is 4.31. The molecule has 0 aromatic heterocycles. The molecule has 0 bridgehead atoms. The van der Waals surface area contributed by atoms with E-state index in [1.807, 2.05) is 38.1 Å². The molecule has 2 amide bonds. The molecule has 5 rings (SSSR count). The first-order chi connectivity index (χ1) is 16.9. The van der Waals surface area contributed by atoms with Crippen LogP contribution in [0.3, 0.4) is 0 Å². The van der Waals surface area contributed by atoms with E-state index in [1.54, 1.807) is 0 Å². The Labute approximate surface area is 209 Å². The Morgan fingerprint density at radius 1 is 1.06 bits per heavy atom. The number of hydrogen-bond acceptors (Lipinski definition) is 5. The van der Waals surface area contributed by atoms with Gasteiger partial charge in [-0.1, -0.05) is 62.4 Å². The molecule has 2 aromatic rings. The van der Waals surface area contributed by atoms with Crippen LogP contribution in [0, 0.1) is 11.8 Å². The number of carboxylic acids is 1. The van der Waals surface area contributed by atoms with Crippen LogP contribution >= 0.6 is 11.8 Å². The standard InChI is InChI=1S/C27H30N2O5S/c1-15(2)23(24(30)29-22(26(31)32)14-35-25(29)16-11-12-16)28-27(33)34-13-21-19-9-5-3-7-17(19)18-8-4-6-10-20(18)21/h3-10,15-16,21-23,25H,11-14H2,1-2H3,(H,28,33)(H,31,32). The van der Waals surface area contributed by atoms with Gasteiger partial charge in [0.25, 0.3) is 0 Å². The van der Waals surface area contributed by atoms with Gasteiger partial charge in [-0.2, -0.15) is 0 Å². The van der Waals surface area contributed by atoms with Crippen LogP contribution in [-0.4, -0.2) is 57.8 Å². The third-order valence-electron chi connectivity index (χ3n) is 7.15. The number of aliphatic carboxylic acids is 1. The van der Waals surface area contributed by atoms with Crippen molar-refractivity contribution in [3.8, 4) is 11.1 Å². The summed E-state index contributed by atoms with van der Waals surface area (Å²) in [6, 6.07) is 14.5. The molecule has 1 saturated heterocycles. The van der Waals surface area contributed by atoms with E-state index in [1.165, 1.54) is 16.7 Å². The van der Waals surface area contributed by atoms with Crippen molar-refractivity contribution in [3.63, 3.8) is 0 Å². The summed E-state index contributed by atoms with van der Waals surface area (Å²) >= 11 is 1.53. The van der Waals surface area contributed by atoms with Crippen molar-refractivity contribution in [2.75, 3.05) is 12.4 Å². The van der Waals surface area contributed by atoms with Crippen LogP contribution in [0.25, 0.3) is 11.1 Å². The molecule has 3 aliphatic rings. The SMILES string of the molecule is CC(C)C(NC(=O)OCC1c2ccccc2-c2ccccc21)C(=O)N1C(C(=O)O)CSC1C1CC1. The van der Waals surface area contributed by atoms with E-state index in [0.29, 0.717) is 11.7 Å². The number of rotatable bonds is 7. The van der Waals surface area contributed by atoms with E-state index in [4.69, 9.17) is 4.74 Å². The van der Waals surface area contributed by atoms with Crippen molar-refractivity contribution in [1.29, 1.82) is 0 Å². The average Bonchev–Trinajstić information content (AvgIpc) is 3.51. The minimum absolute atomic E-state index is 0.0769. The first-order valence-electron chi connectivity index (χ1n) is 12.1. The van der Waals surface area contributed by atoms with E-state index in [-0.39, 0.29) is 29.7 Å². The van der Waals surface area contributed by atoms with Crippen LogP contribution in [-0.2, 0) is 14.3 Å². The fourth-order valence-corrected chi connectivity index (χ4v) is 6.82. The highest BCUT2D eigenvalue weighted by molar-refractivity contribution is 8.00. The molecule has 1 heterocycles. The number of amides is 2. The molecule has 2 aliphatic carbocycles. The number of nitrogens with one attached hydrogen (secondary N) is 1. The van der Waals surface area contributed by atoms with Crippen LogP contribution < -0.4 is 5.32 Å². The number of fused-ring (bicyclic) bond motifs is 3. The van der Waals surface area contributed by atoms with E-state index in [0.717, 1.165) is 35.1 Å². The third-order valence-corrected chi connectivity index (χ3v) is 8.61. The van der Waals surface area contributed by atoms with Crippen LogP contribution in [0.2, 0.25) is 0 Å². The van der Waals surface area contributed by atoms with Gasteiger partial charge in [-0.25, -0.2) is 9.59 Å². The summed E-state index contributed by atoms with van der Waals surface area (Å²) in [5.74, 6) is -0.941. The smallest absolute Gasteiger partial charge is 0.407 e. The van der Waals surface area contributed by atoms with Crippen LogP contribution in [0.15, 0.2) is 48.5 Å². The number of alkyl carbamates (subject to hydrolysis) is 1. The molecule has 3 unspecified atom stereocenters. The summed E-state index contributed by atoms with van der Waals surface area (Å²) in [6.07, 6.45) is 1.33. The molecule has 8 heteroatoms. The molecule has 1 aliphatic heterocycles. The highest BCUT2D eigenvalue weighted by Gasteiger charge is 2.50. The van der Waals surface area contributed by atoms with E-state index < -0.39 is 24.1 Å². The first kappa shape index (κ1) is 23.7. The zero-order valence-corrected chi connectivity index (χ0v) is 20.7. The van der Waals surface area contributed by atoms with Gasteiger partial charge in [0, 0.05) is 11.7 Å². The Morgan fingerprint density at radius 2 is 1.66 bits per heavy atom. The molecule has 0 spiro atoms. The highest BCUT2D eigenvalue weighted by atomic mass is 32.2. The van der Waals surface area contributed by atoms with E-state index in [2.05, 4.69) is 29.6 Å². The van der Waals surface area contributed by atoms with Gasteiger partial charge in [0.1, 0.15) is 18.7 Å². The van der Waals surface area contributed by atoms with Crippen molar-refractivity contribution >= 4 is 29.7 Å². The molecule has 2 aromatic carbocycles. The number of carbonyl (C=O) groups excluding carboxylic acids is 2. The molecule has 2 fully saturated rings. The van der Waals surface area contributed by atoms with Crippen LogP contribution in [0.5, 0.6) is 0 Å². The topological polar surface area (TPSA) is 95.9 Å². The molecular formula is C27H30N2O5S. The van der Waals surface area contributed by atoms with Gasteiger partial charge in [-0.05, 0) is 46.9 Å². The lowest BCUT2D eigenvalue weighted by molar-refractivity contribution is -0.150. The monoisotopic (exact) mass is 494 g/mol. The molecule has 7 nitrogen and oxygen atoms in total. The average molecular weight is 495 g/mol. The van der Waals surface area contributed by atoms with Crippen molar-refractivity contribution in [2.24, 2.45) is 11.8 Å². The van der Waals surface area contributed by atoms with Gasteiger partial charge in [0.2, 0.25) is 5.91 Å². The highest BCUT2D eigenvalue weighted by Crippen LogP contribution is 2.46. The molecule has 35 heavy (non-hydrogen) atoms. The summed E-state index contributed by atoms with van der Waals surface area (Å²) < 4.78 is 5.65. The number of carbonyl (C=O) groups is 3. The van der Waals surface area contributed by atoms with Gasteiger partial charge < -0.3 is 20.1 Å². The first-order valence-corrected chi connectivity index (χ1v) is 13.2. The quantitative estimate of drug-likeness (QED) is 0.595. The van der Waals surface area contributed by atoms with Gasteiger partial charge in [-0.3, -0.25) is 4.79 Å². The fraction of sp³-hybridized carbons (Fsp3) is 0.444. The summed E-state index contributed by atoms with van der Waals surface area (Å²) in [5, 5.41) is 12.3. The lowest BCUT2D eigenvalue weighted by Gasteiger charge is -2.32. The third kappa shape index (κ3) is 4.51. The fourth-order valence-electron chi connectivity index (χ4n) is 5.18. The summed E-state index contributed by atoms with van der Waals surface area (Å²) in [7, 11) is 0. The minimum Gasteiger partial charge on any atom is -0.480 e. The zero-order chi connectivity index (χ0) is 24.7. The second-order valence-corrected chi connectivity index (χ2v) is 11.0. The normalized spacial score (nSPS) is 22.0. The number of carboxylic acid groups (broad SMARTS) is 1. The molecule has 2 N–H and O–H groups in total. The van der Waals surface area contributed by atoms with Crippen molar-refractivity contribution in [1.82, 2.24) is 10.2 Å². The summed E-state index contributed by atoms with van der Waals surface area (Å²) in [4.78, 5) is 39.8. The van der Waals surface area contributed by atoms with Gasteiger partial charge >= 0.3 is 12.1 Å². The number of ether oxygens (including phenoxy) is 1. The summed E-state index contributed by atoms with van der Waals surface area (Å²) in [5.41, 5.74) is 4.52. The van der Waals surface area contributed by atoms with Crippen molar-refractivity contribution in [2.45, 2.75) is 50.1 Å². The Balaban J connectivity index is 1.28. The van der Waals surface area contributed by atoms with E-state index in [9.17, 15) is 19.5 Å². The second kappa shape index (κ2) is 9.57. The van der Waals surface area contributed by atoms with Gasteiger partial charge in [-0.15, -0.1) is 11.8 Å². The van der Waals surface area contributed by atoms with E-state index >= 15 is 0 Å². The number of nitrogens with zero attached hydrogens (tertiary/aromatic N) is 1. The van der Waals surface area contributed by atoms with Crippen LogP contribution in [0.1, 0.15) is 43.7 Å². The van der Waals surface area contributed by atoms with Crippen molar-refractivity contribution in [3.05, 3.63) is 59.7 Å².